The highest BCUT2D eigenvalue weighted by Crippen LogP contribution is 2.38. The highest BCUT2D eigenvalue weighted by atomic mass is 32.1. The molecule has 0 radical (unpaired) electrons. The van der Waals surface area contributed by atoms with Gasteiger partial charge < -0.3 is 24.6 Å². The lowest BCUT2D eigenvalue weighted by Gasteiger charge is -2.22. The Kier molecular flexibility index (Phi) is 7.90. The van der Waals surface area contributed by atoms with Crippen LogP contribution in [0.25, 0.3) is 0 Å². The minimum Gasteiger partial charge on any atom is -0.497 e. The minimum absolute atomic E-state index is 0.0160. The molecule has 0 fully saturated rings. The number of anilines is 1. The summed E-state index contributed by atoms with van der Waals surface area (Å²) in [6, 6.07) is 11.6. The van der Waals surface area contributed by atoms with Gasteiger partial charge in [-0.05, 0) is 48.9 Å². The van der Waals surface area contributed by atoms with E-state index in [4.69, 9.17) is 14.0 Å². The van der Waals surface area contributed by atoms with Crippen molar-refractivity contribution in [2.45, 2.75) is 58.1 Å². The molecule has 4 rings (SSSR count). The van der Waals surface area contributed by atoms with Gasteiger partial charge >= 0.3 is 6.09 Å². The molecule has 2 atom stereocenters. The molecule has 10 heteroatoms. The van der Waals surface area contributed by atoms with Crippen LogP contribution in [-0.2, 0) is 28.9 Å². The van der Waals surface area contributed by atoms with Gasteiger partial charge in [0.2, 0.25) is 5.91 Å². The Morgan fingerprint density at radius 1 is 1.36 bits per heavy atom. The zero-order chi connectivity index (χ0) is 25.7. The summed E-state index contributed by atoms with van der Waals surface area (Å²) in [4.78, 5) is 26.0. The van der Waals surface area contributed by atoms with E-state index >= 15 is 0 Å². The molecule has 1 aliphatic carbocycles. The van der Waals surface area contributed by atoms with E-state index in [2.05, 4.69) is 21.9 Å². The number of nitrogens with zero attached hydrogens (tertiary/aromatic N) is 2. The summed E-state index contributed by atoms with van der Waals surface area (Å²) in [6.45, 7) is 3.98. The molecule has 0 saturated carbocycles. The molecule has 36 heavy (non-hydrogen) atoms. The van der Waals surface area contributed by atoms with Crippen molar-refractivity contribution in [3.63, 3.8) is 0 Å². The van der Waals surface area contributed by atoms with Crippen LogP contribution in [-0.4, -0.2) is 30.4 Å². The van der Waals surface area contributed by atoms with Crippen molar-refractivity contribution in [3.05, 3.63) is 63.4 Å². The fraction of sp³-hybridized carbons (Fsp3) is 0.385. The molecule has 0 aliphatic heterocycles. The lowest BCUT2D eigenvalue weighted by atomic mass is 9.93. The average molecular weight is 509 g/mol. The fourth-order valence-electron chi connectivity index (χ4n) is 4.24. The van der Waals surface area contributed by atoms with Crippen molar-refractivity contribution in [2.24, 2.45) is 0 Å². The van der Waals surface area contributed by atoms with Crippen LogP contribution in [0.1, 0.15) is 58.7 Å². The molecule has 0 bridgehead atoms. The Labute approximate surface area is 213 Å². The van der Waals surface area contributed by atoms with Gasteiger partial charge in [-0.3, -0.25) is 4.79 Å². The van der Waals surface area contributed by atoms with Gasteiger partial charge in [0.25, 0.3) is 0 Å². The van der Waals surface area contributed by atoms with E-state index in [1.165, 1.54) is 11.3 Å². The highest BCUT2D eigenvalue weighted by Gasteiger charge is 2.28. The Morgan fingerprint density at radius 2 is 2.19 bits per heavy atom. The van der Waals surface area contributed by atoms with Crippen molar-refractivity contribution in [1.82, 2.24) is 10.5 Å². The van der Waals surface area contributed by atoms with Gasteiger partial charge in [-0.25, -0.2) is 4.79 Å². The SMILES string of the molecule is COc1cccc(C(C)CC(=O)Nc2sc3c(c2C#N)CCC(OC(=O)NCc2cc(C)on2)C3)c1. The first-order valence-corrected chi connectivity index (χ1v) is 12.5. The number of amides is 2. The van der Waals surface area contributed by atoms with Crippen LogP contribution < -0.4 is 15.4 Å². The van der Waals surface area contributed by atoms with E-state index in [1.54, 1.807) is 20.1 Å². The Hall–Kier alpha value is -3.84. The van der Waals surface area contributed by atoms with Crippen LogP contribution in [0.4, 0.5) is 9.80 Å². The monoisotopic (exact) mass is 508 g/mol. The first kappa shape index (κ1) is 25.3. The Balaban J connectivity index is 1.35. The molecule has 1 aliphatic rings. The third-order valence-electron chi connectivity index (χ3n) is 6.10. The summed E-state index contributed by atoms with van der Waals surface area (Å²) in [6.07, 6.45) is 1.15. The maximum Gasteiger partial charge on any atom is 0.407 e. The van der Waals surface area contributed by atoms with Crippen molar-refractivity contribution < 1.29 is 23.6 Å². The lowest BCUT2D eigenvalue weighted by molar-refractivity contribution is -0.116. The normalized spacial score (nSPS) is 15.3. The maximum atomic E-state index is 12.8. The van der Waals surface area contributed by atoms with Gasteiger partial charge in [0.15, 0.2) is 0 Å². The minimum atomic E-state index is -0.527. The Bertz CT molecular complexity index is 1290. The molecular formula is C26H28N4O5S. The first-order chi connectivity index (χ1) is 17.4. The number of hydrogen-bond donors (Lipinski definition) is 2. The topological polar surface area (TPSA) is 126 Å². The standard InChI is InChI=1S/C26H28N4O5S/c1-15(17-5-4-6-19(11-17)33-3)9-24(31)29-25-22(13-27)21-8-7-20(12-23(21)36-25)34-26(32)28-14-18-10-16(2)35-30-18/h4-6,10-11,15,20H,7-9,12,14H2,1-3H3,(H,28,32)(H,29,31). The maximum absolute atomic E-state index is 12.8. The number of ether oxygens (including phenoxy) is 2. The number of carbonyl (C=O) groups excluding carboxylic acids is 2. The molecule has 2 N–H and O–H groups in total. The van der Waals surface area contributed by atoms with Crippen molar-refractivity contribution in [1.29, 1.82) is 5.26 Å². The number of nitrogens with one attached hydrogen (secondary N) is 2. The van der Waals surface area contributed by atoms with Crippen molar-refractivity contribution >= 4 is 28.3 Å². The van der Waals surface area contributed by atoms with E-state index in [9.17, 15) is 14.9 Å². The second-order valence-corrected chi connectivity index (χ2v) is 9.91. The summed E-state index contributed by atoms with van der Waals surface area (Å²) < 4.78 is 15.8. The molecule has 0 saturated heterocycles. The number of aromatic nitrogens is 1. The number of fused-ring (bicyclic) bond motifs is 1. The van der Waals surface area contributed by atoms with E-state index in [0.717, 1.165) is 21.8 Å². The molecule has 3 aromatic rings. The molecule has 9 nitrogen and oxygen atoms in total. The van der Waals surface area contributed by atoms with Crippen molar-refractivity contribution in [2.75, 3.05) is 12.4 Å². The van der Waals surface area contributed by atoms with Gasteiger partial charge in [0.1, 0.15) is 34.4 Å². The zero-order valence-corrected chi connectivity index (χ0v) is 21.2. The molecule has 2 unspecified atom stereocenters. The van der Waals surface area contributed by atoms with E-state index in [0.29, 0.717) is 41.3 Å². The largest absolute Gasteiger partial charge is 0.497 e. The van der Waals surface area contributed by atoms with Crippen LogP contribution in [0.5, 0.6) is 5.75 Å². The molecule has 2 aromatic heterocycles. The Morgan fingerprint density at radius 3 is 2.92 bits per heavy atom. The molecule has 2 heterocycles. The summed E-state index contributed by atoms with van der Waals surface area (Å²) >= 11 is 1.38. The number of methoxy groups -OCH3 is 1. The molecular weight excluding hydrogens is 480 g/mol. The number of thiophene rings is 1. The smallest absolute Gasteiger partial charge is 0.407 e. The first-order valence-electron chi connectivity index (χ1n) is 11.7. The van der Waals surface area contributed by atoms with Crippen molar-refractivity contribution in [3.8, 4) is 11.8 Å². The molecule has 2 amide bonds. The van der Waals surface area contributed by atoms with Gasteiger partial charge in [-0.2, -0.15) is 5.26 Å². The number of carbonyl (C=O) groups is 2. The summed E-state index contributed by atoms with van der Waals surface area (Å²) in [7, 11) is 1.61. The van der Waals surface area contributed by atoms with Crippen LogP contribution in [0.2, 0.25) is 0 Å². The van der Waals surface area contributed by atoms with Gasteiger partial charge in [-0.1, -0.05) is 24.2 Å². The number of rotatable bonds is 8. The number of alkyl carbamates (subject to hydrolysis) is 1. The van der Waals surface area contributed by atoms with E-state index in [-0.39, 0.29) is 30.9 Å². The van der Waals surface area contributed by atoms with Crippen LogP contribution in [0, 0.1) is 18.3 Å². The predicted octanol–water partition coefficient (Wildman–Crippen LogP) is 4.84. The number of benzene rings is 1. The summed E-state index contributed by atoms with van der Waals surface area (Å²) in [5, 5.41) is 19.8. The van der Waals surface area contributed by atoms with Crippen LogP contribution >= 0.6 is 11.3 Å². The third-order valence-corrected chi connectivity index (χ3v) is 7.27. The van der Waals surface area contributed by atoms with E-state index in [1.807, 2.05) is 31.2 Å². The van der Waals surface area contributed by atoms with Gasteiger partial charge in [0.05, 0.1) is 19.2 Å². The highest BCUT2D eigenvalue weighted by molar-refractivity contribution is 7.16. The number of aryl methyl sites for hydroxylation is 1. The second kappa shape index (κ2) is 11.3. The van der Waals surface area contributed by atoms with E-state index < -0.39 is 6.09 Å². The molecule has 0 spiro atoms. The summed E-state index contributed by atoms with van der Waals surface area (Å²) in [5.41, 5.74) is 3.06. The van der Waals surface area contributed by atoms with Crippen LogP contribution in [0.3, 0.4) is 0 Å². The van der Waals surface area contributed by atoms with Gasteiger partial charge in [0, 0.05) is 23.8 Å². The average Bonchev–Trinajstić information content (AvgIpc) is 3.44. The quantitative estimate of drug-likeness (QED) is 0.446. The van der Waals surface area contributed by atoms with Crippen LogP contribution in [0.15, 0.2) is 34.9 Å². The molecule has 188 valence electrons. The third kappa shape index (κ3) is 6.04. The lowest BCUT2D eigenvalue weighted by Crippen LogP contribution is -2.31. The summed E-state index contributed by atoms with van der Waals surface area (Å²) in [5.74, 6) is 1.24. The zero-order valence-electron chi connectivity index (χ0n) is 20.4. The predicted molar refractivity (Wildman–Crippen MR) is 134 cm³/mol. The number of nitriles is 1. The second-order valence-electron chi connectivity index (χ2n) is 8.80. The van der Waals surface area contributed by atoms with Gasteiger partial charge in [-0.15, -0.1) is 11.3 Å². The molecule has 1 aromatic carbocycles. The fourth-order valence-corrected chi connectivity index (χ4v) is 5.52. The number of hydrogen-bond acceptors (Lipinski definition) is 8.